The molecule has 0 atom stereocenters. The number of nitro benzene ring substituents is 1. The lowest BCUT2D eigenvalue weighted by Crippen LogP contribution is -2.15. The van der Waals surface area contributed by atoms with Gasteiger partial charge in [0.1, 0.15) is 28.0 Å². The molecule has 212 valence electrons. The number of nitrogen functional groups attached to an aromatic ring is 1. The van der Waals surface area contributed by atoms with Crippen LogP contribution in [-0.2, 0) is 5.41 Å². The molecular weight excluding hydrogens is 583 g/mol. The van der Waals surface area contributed by atoms with E-state index < -0.39 is 10.7 Å². The molecule has 4 rings (SSSR count). The lowest BCUT2D eigenvalue weighted by atomic mass is 9.97. The van der Waals surface area contributed by atoms with Crippen molar-refractivity contribution in [2.24, 2.45) is 0 Å². The fraction of sp³-hybridized carbons (Fsp3) is 0.259. The molecule has 2 N–H and O–H groups in total. The van der Waals surface area contributed by atoms with E-state index in [-0.39, 0.29) is 38.7 Å². The van der Waals surface area contributed by atoms with Gasteiger partial charge in [-0.25, -0.2) is 4.79 Å². The molecule has 0 spiro atoms. The van der Waals surface area contributed by atoms with E-state index in [0.29, 0.717) is 28.1 Å². The van der Waals surface area contributed by atoms with Gasteiger partial charge in [0.2, 0.25) is 5.89 Å². The average Bonchev–Trinajstić information content (AvgIpc) is 3.26. The molecule has 0 saturated carbocycles. The van der Waals surface area contributed by atoms with Crippen LogP contribution in [0.25, 0.3) is 5.69 Å². The van der Waals surface area contributed by atoms with E-state index in [2.05, 4.69) is 5.10 Å². The Morgan fingerprint density at radius 2 is 1.68 bits per heavy atom. The zero-order valence-electron chi connectivity index (χ0n) is 22.3. The summed E-state index contributed by atoms with van der Waals surface area (Å²) in [5.41, 5.74) is 5.23. The van der Waals surface area contributed by atoms with E-state index in [4.69, 9.17) is 54.4 Å². The van der Waals surface area contributed by atoms with Crippen molar-refractivity contribution in [2.45, 2.75) is 46.1 Å². The zero-order chi connectivity index (χ0) is 29.8. The third-order valence-corrected chi connectivity index (χ3v) is 6.06. The van der Waals surface area contributed by atoms with Gasteiger partial charge in [-0.15, -0.1) is 5.10 Å². The monoisotopic (exact) mass is 608 g/mol. The van der Waals surface area contributed by atoms with Gasteiger partial charge in [0.05, 0.1) is 26.8 Å². The topological polar surface area (TPSA) is 136 Å². The van der Waals surface area contributed by atoms with Gasteiger partial charge in [0.25, 0.3) is 5.69 Å². The fourth-order valence-electron chi connectivity index (χ4n) is 3.17. The van der Waals surface area contributed by atoms with E-state index in [0.717, 1.165) is 4.68 Å². The lowest BCUT2D eigenvalue weighted by Gasteiger charge is -2.13. The van der Waals surface area contributed by atoms with Crippen LogP contribution >= 0.6 is 34.8 Å². The standard InChI is InChI=1S/C15H18Cl2N2O3.C12H9ClN2O3/c1-8(2)21-12-7-11(9(16)6-10(12)17)19-14(20)22-13(18-19)15(3,4)5;13-11-10(18-8-4-2-1-3-5-8)7-6-9(12(11)14)15(16)17/h6-8H,1-5H3;1-7H,14H2. The molecule has 4 aromatic rings. The number of nitro groups is 1. The number of nitrogens with two attached hydrogens (primary N) is 1. The average molecular weight is 610 g/mol. The number of ether oxygens (including phenoxy) is 2. The molecule has 1 aromatic heterocycles. The molecule has 0 aliphatic heterocycles. The molecule has 3 aromatic carbocycles. The van der Waals surface area contributed by atoms with Crippen LogP contribution in [0.3, 0.4) is 0 Å². The largest absolute Gasteiger partial charge is 0.489 e. The minimum atomic E-state index is -0.607. The maximum atomic E-state index is 12.1. The summed E-state index contributed by atoms with van der Waals surface area (Å²) < 4.78 is 17.4. The molecule has 13 heteroatoms. The summed E-state index contributed by atoms with van der Waals surface area (Å²) in [6.07, 6.45) is -0.0642. The predicted molar refractivity (Wildman–Crippen MR) is 156 cm³/mol. The number of hydrogen-bond donors (Lipinski definition) is 1. The van der Waals surface area contributed by atoms with Crippen molar-refractivity contribution in [1.29, 1.82) is 0 Å². The van der Waals surface area contributed by atoms with Crippen LogP contribution in [0.1, 0.15) is 40.5 Å². The van der Waals surface area contributed by atoms with Gasteiger partial charge in [-0.05, 0) is 38.1 Å². The Labute approximate surface area is 245 Å². The summed E-state index contributed by atoms with van der Waals surface area (Å²) >= 11 is 18.2. The first kappa shape index (κ1) is 30.8. The zero-order valence-corrected chi connectivity index (χ0v) is 24.5. The first-order valence-corrected chi connectivity index (χ1v) is 13.0. The normalized spacial score (nSPS) is 11.1. The SMILES string of the molecule is CC(C)Oc1cc(-n2nc(C(C)(C)C)oc2=O)c(Cl)cc1Cl.Nc1c([N+](=O)[O-])ccc(Oc2ccccc2)c1Cl. The Balaban J connectivity index is 0.000000225. The van der Waals surface area contributed by atoms with Gasteiger partial charge in [-0.1, -0.05) is 73.8 Å². The molecule has 0 aliphatic carbocycles. The minimum Gasteiger partial charge on any atom is -0.489 e. The van der Waals surface area contributed by atoms with Gasteiger partial charge in [-0.2, -0.15) is 4.68 Å². The second-order valence-corrected chi connectivity index (χ2v) is 10.9. The van der Waals surface area contributed by atoms with Gasteiger partial charge in [-0.3, -0.25) is 10.1 Å². The molecule has 0 bridgehead atoms. The van der Waals surface area contributed by atoms with Gasteiger partial charge in [0.15, 0.2) is 0 Å². The number of para-hydroxylation sites is 1. The predicted octanol–water partition coefficient (Wildman–Crippen LogP) is 7.84. The van der Waals surface area contributed by atoms with Crippen LogP contribution in [-0.4, -0.2) is 20.8 Å². The van der Waals surface area contributed by atoms with Crippen molar-refractivity contribution in [3.05, 3.63) is 96.2 Å². The third-order valence-electron chi connectivity index (χ3n) is 5.07. The molecular formula is C27H27Cl3N4O6. The number of aromatic nitrogens is 2. The molecule has 0 radical (unpaired) electrons. The number of hydrogen-bond acceptors (Lipinski definition) is 8. The van der Waals surface area contributed by atoms with Crippen LogP contribution < -0.4 is 21.0 Å². The smallest absolute Gasteiger partial charge is 0.442 e. The lowest BCUT2D eigenvalue weighted by molar-refractivity contribution is -0.383. The van der Waals surface area contributed by atoms with Crippen LogP contribution in [0, 0.1) is 10.1 Å². The van der Waals surface area contributed by atoms with E-state index in [1.54, 1.807) is 30.3 Å². The Morgan fingerprint density at radius 1 is 1.02 bits per heavy atom. The molecule has 0 fully saturated rings. The summed E-state index contributed by atoms with van der Waals surface area (Å²) in [5.74, 6) is 1.02. The molecule has 0 saturated heterocycles. The van der Waals surface area contributed by atoms with Crippen molar-refractivity contribution < 1.29 is 18.8 Å². The Morgan fingerprint density at radius 3 is 2.23 bits per heavy atom. The Bertz CT molecular complexity index is 1560. The maximum absolute atomic E-state index is 12.1. The van der Waals surface area contributed by atoms with Crippen LogP contribution in [0.5, 0.6) is 17.2 Å². The van der Waals surface area contributed by atoms with E-state index in [9.17, 15) is 14.9 Å². The van der Waals surface area contributed by atoms with Crippen molar-refractivity contribution >= 4 is 46.2 Å². The fourth-order valence-corrected chi connectivity index (χ4v) is 3.88. The highest BCUT2D eigenvalue weighted by molar-refractivity contribution is 6.36. The summed E-state index contributed by atoms with van der Waals surface area (Å²) in [6, 6.07) is 14.7. The van der Waals surface area contributed by atoms with E-state index in [1.807, 2.05) is 40.7 Å². The molecule has 0 unspecified atom stereocenters. The molecule has 0 aliphatic rings. The summed E-state index contributed by atoms with van der Waals surface area (Å²) in [7, 11) is 0. The second-order valence-electron chi connectivity index (χ2n) is 9.72. The number of rotatable bonds is 6. The number of anilines is 1. The van der Waals surface area contributed by atoms with Gasteiger partial charge in [0, 0.05) is 17.5 Å². The minimum absolute atomic E-state index is 0.0352. The van der Waals surface area contributed by atoms with Crippen molar-refractivity contribution in [1.82, 2.24) is 9.78 Å². The highest BCUT2D eigenvalue weighted by Crippen LogP contribution is 2.39. The van der Waals surface area contributed by atoms with E-state index >= 15 is 0 Å². The number of halogens is 3. The molecule has 10 nitrogen and oxygen atoms in total. The molecule has 40 heavy (non-hydrogen) atoms. The first-order valence-electron chi connectivity index (χ1n) is 11.9. The van der Waals surface area contributed by atoms with Crippen LogP contribution in [0.15, 0.2) is 63.8 Å². The summed E-state index contributed by atoms with van der Waals surface area (Å²) in [5, 5.41) is 15.6. The van der Waals surface area contributed by atoms with Crippen molar-refractivity contribution in [3.63, 3.8) is 0 Å². The summed E-state index contributed by atoms with van der Waals surface area (Å²) in [4.78, 5) is 22.1. The quantitative estimate of drug-likeness (QED) is 0.133. The second kappa shape index (κ2) is 12.6. The summed E-state index contributed by atoms with van der Waals surface area (Å²) in [6.45, 7) is 9.47. The number of nitrogens with zero attached hydrogens (tertiary/aromatic N) is 3. The first-order chi connectivity index (χ1) is 18.7. The van der Waals surface area contributed by atoms with Crippen molar-refractivity contribution in [3.8, 4) is 22.9 Å². The Hall–Kier alpha value is -3.73. The molecule has 1 heterocycles. The van der Waals surface area contributed by atoms with Crippen LogP contribution in [0.2, 0.25) is 15.1 Å². The van der Waals surface area contributed by atoms with Crippen LogP contribution in [0.4, 0.5) is 11.4 Å². The van der Waals surface area contributed by atoms with Gasteiger partial charge < -0.3 is 19.6 Å². The van der Waals surface area contributed by atoms with Crippen molar-refractivity contribution in [2.75, 3.05) is 5.73 Å². The maximum Gasteiger partial charge on any atom is 0.442 e. The van der Waals surface area contributed by atoms with E-state index in [1.165, 1.54) is 18.2 Å². The highest BCUT2D eigenvalue weighted by atomic mass is 35.5. The highest BCUT2D eigenvalue weighted by Gasteiger charge is 2.24. The number of benzene rings is 3. The molecule has 0 amide bonds. The van der Waals surface area contributed by atoms with Gasteiger partial charge >= 0.3 is 5.76 Å². The third kappa shape index (κ3) is 7.47. The Kier molecular flexibility index (Phi) is 9.73.